The zero-order chi connectivity index (χ0) is 14.8. The van der Waals surface area contributed by atoms with Crippen molar-refractivity contribution in [3.05, 3.63) is 18.2 Å². The number of hydrogen-bond donors (Lipinski definition) is 1. The average molecular weight is 289 g/mol. The van der Waals surface area contributed by atoms with Gasteiger partial charge in [0.2, 0.25) is 5.91 Å². The van der Waals surface area contributed by atoms with E-state index in [1.807, 2.05) is 17.0 Å². The van der Waals surface area contributed by atoms with Gasteiger partial charge < -0.3 is 20.3 Å². The van der Waals surface area contributed by atoms with Crippen LogP contribution in [0.3, 0.4) is 0 Å². The second-order valence-corrected chi connectivity index (χ2v) is 5.83. The van der Waals surface area contributed by atoms with Crippen molar-refractivity contribution in [3.8, 4) is 5.75 Å². The third-order valence-corrected chi connectivity index (χ3v) is 4.25. The molecular formula is C16H23N3O2. The van der Waals surface area contributed by atoms with E-state index >= 15 is 0 Å². The molecule has 1 unspecified atom stereocenters. The van der Waals surface area contributed by atoms with Crippen LogP contribution >= 0.6 is 0 Å². The van der Waals surface area contributed by atoms with E-state index in [0.29, 0.717) is 25.0 Å². The van der Waals surface area contributed by atoms with E-state index in [2.05, 4.69) is 17.9 Å². The molecule has 1 aromatic carbocycles. The molecular weight excluding hydrogens is 266 g/mol. The van der Waals surface area contributed by atoms with Crippen LogP contribution in [0.15, 0.2) is 18.2 Å². The van der Waals surface area contributed by atoms with Crippen LogP contribution < -0.4 is 15.4 Å². The van der Waals surface area contributed by atoms with E-state index < -0.39 is 0 Å². The Morgan fingerprint density at radius 1 is 1.33 bits per heavy atom. The van der Waals surface area contributed by atoms with Gasteiger partial charge in [-0.2, -0.15) is 0 Å². The predicted octanol–water partition coefficient (Wildman–Crippen LogP) is 1.87. The van der Waals surface area contributed by atoms with E-state index in [1.54, 1.807) is 0 Å². The van der Waals surface area contributed by atoms with Gasteiger partial charge in [0, 0.05) is 55.6 Å². The van der Waals surface area contributed by atoms with E-state index in [-0.39, 0.29) is 0 Å². The fraction of sp³-hybridized carbons (Fsp3) is 0.562. The molecule has 3 rings (SSSR count). The average Bonchev–Trinajstić information content (AvgIpc) is 2.85. The maximum atomic E-state index is 11.7. The number of carbonyl (C=O) groups excluding carboxylic acids is 1. The number of nitrogens with zero attached hydrogens (tertiary/aromatic N) is 2. The fourth-order valence-corrected chi connectivity index (χ4v) is 3.19. The lowest BCUT2D eigenvalue weighted by Crippen LogP contribution is -2.51. The van der Waals surface area contributed by atoms with Crippen molar-refractivity contribution < 1.29 is 9.53 Å². The highest BCUT2D eigenvalue weighted by Crippen LogP contribution is 2.30. The zero-order valence-electron chi connectivity index (χ0n) is 12.5. The van der Waals surface area contributed by atoms with Crippen LogP contribution in [0.5, 0.6) is 5.75 Å². The molecule has 0 spiro atoms. The molecule has 5 heteroatoms. The summed E-state index contributed by atoms with van der Waals surface area (Å²) in [6.45, 7) is 5.35. The quantitative estimate of drug-likeness (QED) is 0.860. The minimum absolute atomic E-state index is 0.305. The van der Waals surface area contributed by atoms with Crippen molar-refractivity contribution >= 4 is 17.3 Å². The highest BCUT2D eigenvalue weighted by atomic mass is 16.5. The summed E-state index contributed by atoms with van der Waals surface area (Å²) in [5.41, 5.74) is 7.82. The number of rotatable bonds is 4. The van der Waals surface area contributed by atoms with E-state index in [4.69, 9.17) is 10.5 Å². The molecule has 1 aromatic rings. The molecule has 0 bridgehead atoms. The number of nitrogen functional groups attached to an aromatic ring is 1. The first-order valence-corrected chi connectivity index (χ1v) is 7.75. The van der Waals surface area contributed by atoms with Crippen LogP contribution in [0.4, 0.5) is 11.4 Å². The molecule has 2 aliphatic rings. The third-order valence-electron chi connectivity index (χ3n) is 4.25. The molecule has 0 saturated carbocycles. The highest BCUT2D eigenvalue weighted by molar-refractivity contribution is 5.79. The first-order chi connectivity index (χ1) is 10.2. The van der Waals surface area contributed by atoms with Gasteiger partial charge in [-0.1, -0.05) is 6.92 Å². The second-order valence-electron chi connectivity index (χ2n) is 5.83. The minimum Gasteiger partial charge on any atom is -0.493 e. The number of ether oxygens (including phenoxy) is 1. The van der Waals surface area contributed by atoms with Crippen LogP contribution in [-0.4, -0.2) is 43.1 Å². The van der Waals surface area contributed by atoms with E-state index in [9.17, 15) is 4.79 Å². The Balaban J connectivity index is 1.74. The fourth-order valence-electron chi connectivity index (χ4n) is 3.19. The summed E-state index contributed by atoms with van der Waals surface area (Å²) < 4.78 is 5.70. The maximum Gasteiger partial charge on any atom is 0.223 e. The molecule has 5 nitrogen and oxygen atoms in total. The van der Waals surface area contributed by atoms with E-state index in [0.717, 1.165) is 49.6 Å². The Hall–Kier alpha value is -1.91. The first kappa shape index (κ1) is 14.0. The third kappa shape index (κ3) is 2.91. The van der Waals surface area contributed by atoms with Crippen LogP contribution in [0.2, 0.25) is 0 Å². The van der Waals surface area contributed by atoms with Crippen LogP contribution in [0, 0.1) is 0 Å². The summed E-state index contributed by atoms with van der Waals surface area (Å²) in [5, 5.41) is 0. The number of anilines is 2. The SMILES string of the molecule is CCCOc1cc(N)cc(N2CCN3C(=O)CCC3C2)c1. The number of hydrogen-bond acceptors (Lipinski definition) is 4. The zero-order valence-corrected chi connectivity index (χ0v) is 12.5. The predicted molar refractivity (Wildman–Crippen MR) is 83.6 cm³/mol. The molecule has 2 aliphatic heterocycles. The van der Waals surface area contributed by atoms with Gasteiger partial charge >= 0.3 is 0 Å². The Morgan fingerprint density at radius 2 is 2.19 bits per heavy atom. The first-order valence-electron chi connectivity index (χ1n) is 7.75. The Bertz CT molecular complexity index is 532. The lowest BCUT2D eigenvalue weighted by Gasteiger charge is -2.39. The smallest absolute Gasteiger partial charge is 0.223 e. The number of benzene rings is 1. The largest absolute Gasteiger partial charge is 0.493 e. The maximum absolute atomic E-state index is 11.7. The van der Waals surface area contributed by atoms with Crippen molar-refractivity contribution in [2.75, 3.05) is 36.9 Å². The van der Waals surface area contributed by atoms with Crippen LogP contribution in [0.25, 0.3) is 0 Å². The number of carbonyl (C=O) groups is 1. The van der Waals surface area contributed by atoms with Crippen molar-refractivity contribution in [3.63, 3.8) is 0 Å². The second kappa shape index (κ2) is 5.84. The van der Waals surface area contributed by atoms with Crippen LogP contribution in [-0.2, 0) is 4.79 Å². The van der Waals surface area contributed by atoms with Crippen molar-refractivity contribution in [2.45, 2.75) is 32.2 Å². The number of fused-ring (bicyclic) bond motifs is 1. The summed E-state index contributed by atoms with van der Waals surface area (Å²) in [5.74, 6) is 1.14. The van der Waals surface area contributed by atoms with Crippen LogP contribution in [0.1, 0.15) is 26.2 Å². The number of nitrogens with two attached hydrogens (primary N) is 1. The van der Waals surface area contributed by atoms with Crippen molar-refractivity contribution in [2.24, 2.45) is 0 Å². The van der Waals surface area contributed by atoms with Crippen molar-refractivity contribution in [1.29, 1.82) is 0 Å². The van der Waals surface area contributed by atoms with Gasteiger partial charge in [0.1, 0.15) is 5.75 Å². The molecule has 2 N–H and O–H groups in total. The van der Waals surface area contributed by atoms with Gasteiger partial charge in [-0.05, 0) is 18.9 Å². The van der Waals surface area contributed by atoms with Gasteiger partial charge in [0.15, 0.2) is 0 Å². The molecule has 114 valence electrons. The molecule has 2 saturated heterocycles. The Labute approximate surface area is 125 Å². The topological polar surface area (TPSA) is 58.8 Å². The summed E-state index contributed by atoms with van der Waals surface area (Å²) in [6.07, 6.45) is 2.64. The summed E-state index contributed by atoms with van der Waals surface area (Å²) in [6, 6.07) is 6.27. The van der Waals surface area contributed by atoms with Gasteiger partial charge in [-0.15, -0.1) is 0 Å². The molecule has 0 radical (unpaired) electrons. The summed E-state index contributed by atoms with van der Waals surface area (Å²) in [4.78, 5) is 16.1. The highest BCUT2D eigenvalue weighted by Gasteiger charge is 2.35. The molecule has 0 aliphatic carbocycles. The molecule has 0 aromatic heterocycles. The summed E-state index contributed by atoms with van der Waals surface area (Å²) in [7, 11) is 0. The molecule has 21 heavy (non-hydrogen) atoms. The lowest BCUT2D eigenvalue weighted by molar-refractivity contribution is -0.129. The standard InChI is InChI=1S/C16H23N3O2/c1-2-7-21-15-9-12(17)8-14(10-15)18-5-6-19-13(11-18)3-4-16(19)20/h8-10,13H,2-7,11,17H2,1H3. The van der Waals surface area contributed by atoms with Gasteiger partial charge in [-0.3, -0.25) is 4.79 Å². The number of amides is 1. The minimum atomic E-state index is 0.305. The normalized spacial score (nSPS) is 21.6. The molecule has 1 atom stereocenters. The number of piperazine rings is 1. The van der Waals surface area contributed by atoms with Gasteiger partial charge in [0.25, 0.3) is 0 Å². The molecule has 2 heterocycles. The molecule has 2 fully saturated rings. The van der Waals surface area contributed by atoms with Crippen molar-refractivity contribution in [1.82, 2.24) is 4.90 Å². The van der Waals surface area contributed by atoms with Gasteiger partial charge in [-0.25, -0.2) is 0 Å². The summed E-state index contributed by atoms with van der Waals surface area (Å²) >= 11 is 0. The molecule has 1 amide bonds. The lowest BCUT2D eigenvalue weighted by atomic mass is 10.1. The van der Waals surface area contributed by atoms with E-state index in [1.165, 1.54) is 0 Å². The monoisotopic (exact) mass is 289 g/mol. The Morgan fingerprint density at radius 3 is 3.00 bits per heavy atom. The van der Waals surface area contributed by atoms with Gasteiger partial charge in [0.05, 0.1) is 6.61 Å². The Kier molecular flexibility index (Phi) is 3.90.